The van der Waals surface area contributed by atoms with Gasteiger partial charge in [-0.25, -0.2) is 0 Å². The molecule has 0 aliphatic rings. The largest absolute Gasteiger partial charge is 0.352 e. The number of fused-ring (bicyclic) bond motifs is 1. The van der Waals surface area contributed by atoms with E-state index in [0.717, 1.165) is 22.3 Å². The average Bonchev–Trinajstić information content (AvgIpc) is 3.10. The third-order valence-electron chi connectivity index (χ3n) is 4.41. The number of nitrogens with one attached hydrogen (secondary N) is 2. The van der Waals surface area contributed by atoms with Crippen LogP contribution in [0.4, 0.5) is 17.5 Å². The third-order valence-corrected chi connectivity index (χ3v) is 4.66. The predicted octanol–water partition coefficient (Wildman–Crippen LogP) is 3.87. The first-order valence-electron chi connectivity index (χ1n) is 8.87. The van der Waals surface area contributed by atoms with E-state index in [-0.39, 0.29) is 6.04 Å². The highest BCUT2D eigenvalue weighted by atomic mass is 35.5. The quantitative estimate of drug-likeness (QED) is 0.460. The topological polar surface area (TPSA) is 93.7 Å². The first-order chi connectivity index (χ1) is 13.6. The maximum absolute atomic E-state index is 6.28. The van der Waals surface area contributed by atoms with Crippen molar-refractivity contribution < 1.29 is 0 Å². The van der Waals surface area contributed by atoms with Crippen molar-refractivity contribution in [2.45, 2.75) is 6.04 Å². The number of nitrogens with two attached hydrogens (primary N) is 1. The summed E-state index contributed by atoms with van der Waals surface area (Å²) in [5, 5.41) is 12.4. The van der Waals surface area contributed by atoms with Gasteiger partial charge >= 0.3 is 0 Å². The second-order valence-corrected chi connectivity index (χ2v) is 6.87. The molecule has 0 saturated heterocycles. The van der Waals surface area contributed by atoms with Gasteiger partial charge in [-0.2, -0.15) is 15.1 Å². The minimum atomic E-state index is -0.167. The maximum Gasteiger partial charge on any atom is 0.226 e. The van der Waals surface area contributed by atoms with Gasteiger partial charge in [-0.15, -0.1) is 0 Å². The zero-order valence-electron chi connectivity index (χ0n) is 15.3. The summed E-state index contributed by atoms with van der Waals surface area (Å²) in [6.45, 7) is 0.508. The third kappa shape index (κ3) is 3.90. The Labute approximate surface area is 167 Å². The Bertz CT molecular complexity index is 1080. The van der Waals surface area contributed by atoms with Crippen LogP contribution in [0.3, 0.4) is 0 Å². The van der Waals surface area contributed by atoms with Gasteiger partial charge < -0.3 is 16.4 Å². The van der Waals surface area contributed by atoms with Crippen LogP contribution >= 0.6 is 11.6 Å². The van der Waals surface area contributed by atoms with Crippen LogP contribution in [0.25, 0.3) is 11.0 Å². The number of hydrogen-bond acceptors (Lipinski definition) is 6. The maximum atomic E-state index is 6.28. The van der Waals surface area contributed by atoms with Crippen molar-refractivity contribution in [3.05, 3.63) is 71.4 Å². The van der Waals surface area contributed by atoms with Gasteiger partial charge in [-0.1, -0.05) is 41.9 Å². The summed E-state index contributed by atoms with van der Waals surface area (Å²) in [5.74, 6) is 1.15. The van der Waals surface area contributed by atoms with Gasteiger partial charge in [0, 0.05) is 30.3 Å². The van der Waals surface area contributed by atoms with Crippen LogP contribution in [0.1, 0.15) is 11.6 Å². The van der Waals surface area contributed by atoms with Gasteiger partial charge in [0.15, 0.2) is 5.65 Å². The van der Waals surface area contributed by atoms with E-state index in [0.29, 0.717) is 23.3 Å². The summed E-state index contributed by atoms with van der Waals surface area (Å²) in [6.07, 6.45) is 1.74. The summed E-state index contributed by atoms with van der Waals surface area (Å²) in [5.41, 5.74) is 8.93. The summed E-state index contributed by atoms with van der Waals surface area (Å²) in [7, 11) is 1.85. The molecule has 4 rings (SSSR count). The summed E-state index contributed by atoms with van der Waals surface area (Å²) in [4.78, 5) is 9.20. The molecular weight excluding hydrogens is 374 g/mol. The molecule has 0 aliphatic carbocycles. The van der Waals surface area contributed by atoms with Crippen molar-refractivity contribution in [3.8, 4) is 0 Å². The van der Waals surface area contributed by atoms with Crippen LogP contribution in [0.2, 0.25) is 5.02 Å². The van der Waals surface area contributed by atoms with Gasteiger partial charge in [-0.05, 0) is 29.8 Å². The number of halogens is 1. The lowest BCUT2D eigenvalue weighted by Crippen LogP contribution is -2.21. The Kier molecular flexibility index (Phi) is 5.10. The SMILES string of the molecule is Cn1ncc2c(Nc3ccc(Cl)cc3)nc(NC[C@H](N)c3ccccc3)nc21. The Morgan fingerprint density at radius 3 is 2.57 bits per heavy atom. The molecule has 2 aromatic carbocycles. The molecule has 0 spiro atoms. The number of nitrogens with zero attached hydrogens (tertiary/aromatic N) is 4. The fourth-order valence-electron chi connectivity index (χ4n) is 2.89. The Balaban J connectivity index is 1.60. The van der Waals surface area contributed by atoms with E-state index in [1.165, 1.54) is 0 Å². The number of rotatable bonds is 6. The van der Waals surface area contributed by atoms with Crippen LogP contribution in [-0.2, 0) is 7.05 Å². The highest BCUT2D eigenvalue weighted by molar-refractivity contribution is 6.30. The highest BCUT2D eigenvalue weighted by Crippen LogP contribution is 2.25. The number of anilines is 3. The van der Waals surface area contributed by atoms with E-state index >= 15 is 0 Å². The number of aromatic nitrogens is 4. The molecule has 142 valence electrons. The van der Waals surface area contributed by atoms with Gasteiger partial charge in [0.05, 0.1) is 11.6 Å². The molecule has 4 aromatic rings. The van der Waals surface area contributed by atoms with Crippen LogP contribution in [0.5, 0.6) is 0 Å². The lowest BCUT2D eigenvalue weighted by Gasteiger charge is -2.14. The monoisotopic (exact) mass is 393 g/mol. The molecule has 0 aliphatic heterocycles. The van der Waals surface area contributed by atoms with Crippen molar-refractivity contribution >= 4 is 40.1 Å². The van der Waals surface area contributed by atoms with Gasteiger partial charge in [0.1, 0.15) is 5.82 Å². The molecule has 0 saturated carbocycles. The molecule has 1 atom stereocenters. The molecule has 0 unspecified atom stereocenters. The smallest absolute Gasteiger partial charge is 0.226 e. The summed E-state index contributed by atoms with van der Waals surface area (Å²) < 4.78 is 1.71. The molecule has 4 N–H and O–H groups in total. The van der Waals surface area contributed by atoms with E-state index in [1.54, 1.807) is 10.9 Å². The minimum Gasteiger partial charge on any atom is -0.352 e. The Hall–Kier alpha value is -3.16. The Morgan fingerprint density at radius 1 is 1.07 bits per heavy atom. The van der Waals surface area contributed by atoms with Gasteiger partial charge in [0.25, 0.3) is 0 Å². The molecule has 8 heteroatoms. The van der Waals surface area contributed by atoms with E-state index in [1.807, 2.05) is 61.6 Å². The standard InChI is InChI=1S/C20H20ClN7/c1-28-19-16(11-24-28)18(25-15-9-7-14(21)8-10-15)26-20(27-19)23-12-17(22)13-5-3-2-4-6-13/h2-11,17H,12,22H2,1H3,(H2,23,25,26,27)/t17-/m0/s1. The van der Waals surface area contributed by atoms with Crippen molar-refractivity contribution in [1.82, 2.24) is 19.7 Å². The number of benzene rings is 2. The van der Waals surface area contributed by atoms with E-state index < -0.39 is 0 Å². The number of hydrogen-bond donors (Lipinski definition) is 3. The predicted molar refractivity (Wildman–Crippen MR) is 113 cm³/mol. The zero-order chi connectivity index (χ0) is 19.5. The second-order valence-electron chi connectivity index (χ2n) is 6.43. The molecule has 0 radical (unpaired) electrons. The molecular formula is C20H20ClN7. The summed E-state index contributed by atoms with van der Waals surface area (Å²) >= 11 is 5.97. The average molecular weight is 394 g/mol. The molecule has 0 amide bonds. The van der Waals surface area contributed by atoms with Crippen molar-refractivity contribution in [2.75, 3.05) is 17.2 Å². The highest BCUT2D eigenvalue weighted by Gasteiger charge is 2.13. The van der Waals surface area contributed by atoms with Gasteiger partial charge in [0.2, 0.25) is 5.95 Å². The Morgan fingerprint density at radius 2 is 1.82 bits per heavy atom. The van der Waals surface area contributed by atoms with Crippen molar-refractivity contribution in [2.24, 2.45) is 12.8 Å². The molecule has 28 heavy (non-hydrogen) atoms. The number of aryl methyl sites for hydroxylation is 1. The van der Waals surface area contributed by atoms with Crippen LogP contribution < -0.4 is 16.4 Å². The van der Waals surface area contributed by atoms with E-state index in [4.69, 9.17) is 17.3 Å². The fraction of sp³-hybridized carbons (Fsp3) is 0.150. The minimum absolute atomic E-state index is 0.167. The second kappa shape index (κ2) is 7.84. The zero-order valence-corrected chi connectivity index (χ0v) is 16.1. The van der Waals surface area contributed by atoms with Crippen LogP contribution in [0.15, 0.2) is 60.8 Å². The molecule has 2 heterocycles. The lowest BCUT2D eigenvalue weighted by molar-refractivity contribution is 0.756. The fourth-order valence-corrected chi connectivity index (χ4v) is 3.01. The van der Waals surface area contributed by atoms with Crippen molar-refractivity contribution in [3.63, 3.8) is 0 Å². The normalized spacial score (nSPS) is 12.1. The van der Waals surface area contributed by atoms with Crippen LogP contribution in [-0.4, -0.2) is 26.3 Å². The van der Waals surface area contributed by atoms with Gasteiger partial charge in [-0.3, -0.25) is 4.68 Å². The molecule has 2 aromatic heterocycles. The van der Waals surface area contributed by atoms with Crippen molar-refractivity contribution in [1.29, 1.82) is 0 Å². The lowest BCUT2D eigenvalue weighted by atomic mass is 10.1. The van der Waals surface area contributed by atoms with E-state index in [2.05, 4.69) is 25.7 Å². The first-order valence-corrected chi connectivity index (χ1v) is 9.24. The summed E-state index contributed by atoms with van der Waals surface area (Å²) in [6, 6.07) is 17.2. The molecule has 0 bridgehead atoms. The molecule has 0 fully saturated rings. The van der Waals surface area contributed by atoms with Crippen LogP contribution in [0, 0.1) is 0 Å². The van der Waals surface area contributed by atoms with E-state index in [9.17, 15) is 0 Å². The molecule has 7 nitrogen and oxygen atoms in total. The first kappa shape index (κ1) is 18.2.